The lowest BCUT2D eigenvalue weighted by atomic mass is 10.1. The minimum Gasteiger partial charge on any atom is -0.486 e. The largest absolute Gasteiger partial charge is 0.486 e. The van der Waals surface area contributed by atoms with Gasteiger partial charge in [0.2, 0.25) is 5.91 Å². The van der Waals surface area contributed by atoms with Crippen LogP contribution in [-0.4, -0.2) is 42.1 Å². The fourth-order valence-electron chi connectivity index (χ4n) is 3.52. The van der Waals surface area contributed by atoms with Crippen LogP contribution in [0.1, 0.15) is 18.4 Å². The van der Waals surface area contributed by atoms with E-state index in [0.717, 1.165) is 29.9 Å². The SMILES string of the molecule is CN(CC1COc2ccccc2O1)C(=O)CCCc1c[nH]c2ccccc12. The molecule has 1 aliphatic rings. The van der Waals surface area contributed by atoms with Crippen molar-refractivity contribution in [2.24, 2.45) is 0 Å². The summed E-state index contributed by atoms with van der Waals surface area (Å²) in [6, 6.07) is 15.9. The number of rotatable bonds is 6. The third kappa shape index (κ3) is 3.92. The molecule has 0 aliphatic carbocycles. The molecule has 0 spiro atoms. The number of ether oxygens (including phenoxy) is 2. The number of H-pyrrole nitrogens is 1. The minimum atomic E-state index is -0.137. The Labute approximate surface area is 158 Å². The monoisotopic (exact) mass is 364 g/mol. The summed E-state index contributed by atoms with van der Waals surface area (Å²) in [5, 5.41) is 1.24. The molecule has 1 unspecified atom stereocenters. The molecule has 0 fully saturated rings. The number of aryl methyl sites for hydroxylation is 1. The number of aromatic amines is 1. The number of para-hydroxylation sites is 3. The highest BCUT2D eigenvalue weighted by molar-refractivity contribution is 5.83. The number of likely N-dealkylation sites (N-methyl/N-ethyl adjacent to an activating group) is 1. The first-order chi connectivity index (χ1) is 13.2. The lowest BCUT2D eigenvalue weighted by Gasteiger charge is -2.29. The van der Waals surface area contributed by atoms with Crippen molar-refractivity contribution in [3.05, 3.63) is 60.3 Å². The van der Waals surface area contributed by atoms with E-state index in [4.69, 9.17) is 9.47 Å². The van der Waals surface area contributed by atoms with Crippen molar-refractivity contribution in [2.45, 2.75) is 25.4 Å². The maximum absolute atomic E-state index is 12.5. The number of hydrogen-bond acceptors (Lipinski definition) is 3. The Morgan fingerprint density at radius 1 is 1.15 bits per heavy atom. The molecule has 1 N–H and O–H groups in total. The predicted octanol–water partition coefficient (Wildman–Crippen LogP) is 3.79. The first-order valence-corrected chi connectivity index (χ1v) is 9.38. The van der Waals surface area contributed by atoms with E-state index in [9.17, 15) is 4.79 Å². The Kier molecular flexibility index (Phi) is 5.01. The maximum Gasteiger partial charge on any atom is 0.222 e. The second-order valence-electron chi connectivity index (χ2n) is 6.98. The second-order valence-corrected chi connectivity index (χ2v) is 6.98. The van der Waals surface area contributed by atoms with E-state index in [1.807, 2.05) is 49.6 Å². The molecule has 0 bridgehead atoms. The number of hydrogen-bond donors (Lipinski definition) is 1. The first-order valence-electron chi connectivity index (χ1n) is 9.38. The van der Waals surface area contributed by atoms with Gasteiger partial charge in [-0.3, -0.25) is 4.79 Å². The Bertz CT molecular complexity index is 934. The molecule has 3 aromatic rings. The van der Waals surface area contributed by atoms with Crippen LogP contribution in [0.3, 0.4) is 0 Å². The number of carbonyl (C=O) groups excluding carboxylic acids is 1. The number of aromatic nitrogens is 1. The van der Waals surface area contributed by atoms with Gasteiger partial charge in [-0.1, -0.05) is 30.3 Å². The molecule has 5 nitrogen and oxygen atoms in total. The molecule has 2 heterocycles. The molecule has 4 rings (SSSR count). The van der Waals surface area contributed by atoms with Gasteiger partial charge in [-0.05, 0) is 36.6 Å². The maximum atomic E-state index is 12.5. The van der Waals surface area contributed by atoms with E-state index in [0.29, 0.717) is 19.6 Å². The van der Waals surface area contributed by atoms with Gasteiger partial charge in [-0.25, -0.2) is 0 Å². The molecule has 27 heavy (non-hydrogen) atoms. The molecule has 1 atom stereocenters. The molecular weight excluding hydrogens is 340 g/mol. The van der Waals surface area contributed by atoms with Crippen molar-refractivity contribution in [2.75, 3.05) is 20.2 Å². The minimum absolute atomic E-state index is 0.136. The van der Waals surface area contributed by atoms with Gasteiger partial charge in [0.1, 0.15) is 6.61 Å². The Balaban J connectivity index is 1.26. The number of fused-ring (bicyclic) bond motifs is 2. The average molecular weight is 364 g/mol. The highest BCUT2D eigenvalue weighted by Gasteiger charge is 2.23. The zero-order valence-corrected chi connectivity index (χ0v) is 15.5. The summed E-state index contributed by atoms with van der Waals surface area (Å²) in [6.07, 6.45) is 4.15. The number of benzene rings is 2. The number of amides is 1. The van der Waals surface area contributed by atoms with Crippen LogP contribution in [0, 0.1) is 0 Å². The standard InChI is InChI=1S/C22H24N2O3/c1-24(14-17-15-26-20-10-4-5-11-21(20)27-17)22(25)12-6-7-16-13-23-19-9-3-2-8-18(16)19/h2-5,8-11,13,17,23H,6-7,12,14-15H2,1H3. The lowest BCUT2D eigenvalue weighted by molar-refractivity contribution is -0.131. The molecule has 0 saturated carbocycles. The lowest BCUT2D eigenvalue weighted by Crippen LogP contribution is -2.41. The molecular formula is C22H24N2O3. The number of nitrogens with one attached hydrogen (secondary N) is 1. The molecule has 140 valence electrons. The van der Waals surface area contributed by atoms with Crippen LogP contribution in [0.15, 0.2) is 54.7 Å². The molecule has 0 saturated heterocycles. The zero-order chi connectivity index (χ0) is 18.6. The van der Waals surface area contributed by atoms with Gasteiger partial charge >= 0.3 is 0 Å². The molecule has 2 aromatic carbocycles. The topological polar surface area (TPSA) is 54.6 Å². The van der Waals surface area contributed by atoms with Crippen molar-refractivity contribution in [1.82, 2.24) is 9.88 Å². The summed E-state index contributed by atoms with van der Waals surface area (Å²) in [7, 11) is 1.83. The van der Waals surface area contributed by atoms with Crippen molar-refractivity contribution < 1.29 is 14.3 Å². The highest BCUT2D eigenvalue weighted by atomic mass is 16.6. The summed E-state index contributed by atoms with van der Waals surface area (Å²) in [5.41, 5.74) is 2.41. The third-order valence-corrected chi connectivity index (χ3v) is 4.98. The molecule has 1 aromatic heterocycles. The molecule has 0 radical (unpaired) electrons. The smallest absolute Gasteiger partial charge is 0.222 e. The highest BCUT2D eigenvalue weighted by Crippen LogP contribution is 2.31. The van der Waals surface area contributed by atoms with E-state index >= 15 is 0 Å². The summed E-state index contributed by atoms with van der Waals surface area (Å²) in [4.78, 5) is 17.5. The van der Waals surface area contributed by atoms with Crippen molar-refractivity contribution >= 4 is 16.8 Å². The van der Waals surface area contributed by atoms with Crippen LogP contribution in [0.2, 0.25) is 0 Å². The van der Waals surface area contributed by atoms with E-state index in [2.05, 4.69) is 17.1 Å². The number of carbonyl (C=O) groups is 1. The van der Waals surface area contributed by atoms with Crippen LogP contribution in [0.5, 0.6) is 11.5 Å². The summed E-state index contributed by atoms with van der Waals surface area (Å²) in [6.45, 7) is 0.990. The molecule has 1 amide bonds. The normalized spacial score (nSPS) is 15.7. The van der Waals surface area contributed by atoms with Crippen molar-refractivity contribution in [3.8, 4) is 11.5 Å². The van der Waals surface area contributed by atoms with E-state index in [-0.39, 0.29) is 12.0 Å². The Hall–Kier alpha value is -2.95. The fourth-order valence-corrected chi connectivity index (χ4v) is 3.52. The first kappa shape index (κ1) is 17.5. The molecule has 5 heteroatoms. The van der Waals surface area contributed by atoms with E-state index in [1.165, 1.54) is 10.9 Å². The Morgan fingerprint density at radius 3 is 2.81 bits per heavy atom. The van der Waals surface area contributed by atoms with Crippen LogP contribution in [0.25, 0.3) is 10.9 Å². The average Bonchev–Trinajstić information content (AvgIpc) is 3.11. The van der Waals surface area contributed by atoms with Gasteiger partial charge in [0.15, 0.2) is 17.6 Å². The summed E-state index contributed by atoms with van der Waals surface area (Å²) < 4.78 is 11.7. The zero-order valence-electron chi connectivity index (χ0n) is 15.5. The summed E-state index contributed by atoms with van der Waals surface area (Å²) >= 11 is 0. The van der Waals surface area contributed by atoms with Gasteiger partial charge < -0.3 is 19.4 Å². The van der Waals surface area contributed by atoms with Gasteiger partial charge in [0.25, 0.3) is 0 Å². The summed E-state index contributed by atoms with van der Waals surface area (Å²) in [5.74, 6) is 1.65. The van der Waals surface area contributed by atoms with Gasteiger partial charge in [0, 0.05) is 30.6 Å². The van der Waals surface area contributed by atoms with Gasteiger partial charge in [0.05, 0.1) is 6.54 Å². The van der Waals surface area contributed by atoms with E-state index in [1.54, 1.807) is 4.90 Å². The van der Waals surface area contributed by atoms with E-state index < -0.39 is 0 Å². The third-order valence-electron chi connectivity index (χ3n) is 4.98. The van der Waals surface area contributed by atoms with Crippen LogP contribution >= 0.6 is 0 Å². The predicted molar refractivity (Wildman–Crippen MR) is 105 cm³/mol. The van der Waals surface area contributed by atoms with Gasteiger partial charge in [-0.15, -0.1) is 0 Å². The Morgan fingerprint density at radius 2 is 1.93 bits per heavy atom. The van der Waals surface area contributed by atoms with Gasteiger partial charge in [-0.2, -0.15) is 0 Å². The number of nitrogens with zero attached hydrogens (tertiary/aromatic N) is 1. The van der Waals surface area contributed by atoms with Crippen molar-refractivity contribution in [3.63, 3.8) is 0 Å². The van der Waals surface area contributed by atoms with Crippen LogP contribution < -0.4 is 9.47 Å². The van der Waals surface area contributed by atoms with Crippen molar-refractivity contribution in [1.29, 1.82) is 0 Å². The molecule has 1 aliphatic heterocycles. The van der Waals surface area contributed by atoms with Crippen LogP contribution in [0.4, 0.5) is 0 Å². The second kappa shape index (κ2) is 7.74. The fraction of sp³-hybridized carbons (Fsp3) is 0.318. The van der Waals surface area contributed by atoms with Crippen LogP contribution in [-0.2, 0) is 11.2 Å². The quantitative estimate of drug-likeness (QED) is 0.724.